The van der Waals surface area contributed by atoms with Crippen molar-refractivity contribution in [2.24, 2.45) is 0 Å². The fourth-order valence-electron chi connectivity index (χ4n) is 1.41. The molecule has 1 heterocycles. The summed E-state index contributed by atoms with van der Waals surface area (Å²) in [6.07, 6.45) is -2.39. The Kier molecular flexibility index (Phi) is 7.29. The molecule has 0 aliphatic carbocycles. The van der Waals surface area contributed by atoms with E-state index in [2.05, 4.69) is 8.83 Å². The third kappa shape index (κ3) is 7.34. The zero-order chi connectivity index (χ0) is 19.3. The Labute approximate surface area is 137 Å². The Hall–Kier alpha value is -1.76. The summed E-state index contributed by atoms with van der Waals surface area (Å²) in [4.78, 5) is 72.1. The van der Waals surface area contributed by atoms with Crippen molar-refractivity contribution in [1.82, 2.24) is 9.55 Å². The molecule has 14 nitrogen and oxygen atoms in total. The lowest BCUT2D eigenvalue weighted by molar-refractivity contribution is -0.139. The highest BCUT2D eigenvalue weighted by Crippen LogP contribution is 2.57. The first-order valence-electron chi connectivity index (χ1n) is 6.09. The summed E-state index contributed by atoms with van der Waals surface area (Å²) in [5.74, 6) is 0. The smallest absolute Gasteiger partial charge is 0.338 e. The maximum Gasteiger partial charge on any atom is 0.481 e. The van der Waals surface area contributed by atoms with Gasteiger partial charge in [-0.25, -0.2) is 13.9 Å². The molecule has 3 unspecified atom stereocenters. The molecular formula is C9H12N2O12P2. The summed E-state index contributed by atoms with van der Waals surface area (Å²) < 4.78 is 34.9. The molecule has 3 atom stereocenters. The Bertz CT molecular complexity index is 824. The number of aldehydes is 2. The molecule has 0 fully saturated rings. The fourth-order valence-corrected chi connectivity index (χ4v) is 3.01. The number of phosphoric acid groups is 2. The molecule has 140 valence electrons. The van der Waals surface area contributed by atoms with Crippen molar-refractivity contribution >= 4 is 28.2 Å². The van der Waals surface area contributed by atoms with Gasteiger partial charge in [0.1, 0.15) is 6.10 Å². The van der Waals surface area contributed by atoms with Crippen LogP contribution in [0.2, 0.25) is 0 Å². The third-order valence-electron chi connectivity index (χ3n) is 2.32. The molecule has 4 N–H and O–H groups in total. The second-order valence-corrected chi connectivity index (χ2v) is 7.02. The SMILES string of the molecule is O=CC(COP(=O)(O)OP(=O)(O)O)OC(C=O)n1ccc(=O)[nH]c1=O. The molecule has 0 radical (unpaired) electrons. The number of hydrogen-bond donors (Lipinski definition) is 4. The number of hydrogen-bond acceptors (Lipinski definition) is 9. The average Bonchev–Trinajstić information content (AvgIpc) is 2.46. The normalized spacial score (nSPS) is 16.6. The van der Waals surface area contributed by atoms with Gasteiger partial charge in [0.25, 0.3) is 5.56 Å². The van der Waals surface area contributed by atoms with Crippen LogP contribution in [0.4, 0.5) is 0 Å². The van der Waals surface area contributed by atoms with Gasteiger partial charge in [-0.2, -0.15) is 4.31 Å². The Balaban J connectivity index is 2.83. The number of nitrogens with one attached hydrogen (secondary N) is 1. The monoisotopic (exact) mass is 402 g/mol. The number of carbonyl (C=O) groups is 2. The third-order valence-corrected chi connectivity index (χ3v) is 4.47. The van der Waals surface area contributed by atoms with E-state index in [0.717, 1.165) is 12.3 Å². The van der Waals surface area contributed by atoms with Crippen LogP contribution < -0.4 is 11.2 Å². The molecule has 16 heteroatoms. The molecule has 0 amide bonds. The van der Waals surface area contributed by atoms with Crippen molar-refractivity contribution in [3.63, 3.8) is 0 Å². The molecule has 0 spiro atoms. The molecule has 0 aromatic carbocycles. The van der Waals surface area contributed by atoms with Gasteiger partial charge in [-0.3, -0.25) is 23.7 Å². The lowest BCUT2D eigenvalue weighted by Gasteiger charge is -2.19. The van der Waals surface area contributed by atoms with Crippen molar-refractivity contribution in [2.75, 3.05) is 6.61 Å². The minimum Gasteiger partial charge on any atom is -0.338 e. The van der Waals surface area contributed by atoms with Crippen molar-refractivity contribution < 1.29 is 47.0 Å². The van der Waals surface area contributed by atoms with Gasteiger partial charge in [0.2, 0.25) is 0 Å². The molecule has 0 saturated carbocycles. The van der Waals surface area contributed by atoms with Crippen molar-refractivity contribution in [2.45, 2.75) is 12.3 Å². The molecule has 25 heavy (non-hydrogen) atoms. The van der Waals surface area contributed by atoms with Crippen molar-refractivity contribution in [1.29, 1.82) is 0 Å². The molecule has 1 rings (SSSR count). The van der Waals surface area contributed by atoms with Crippen LogP contribution >= 0.6 is 15.6 Å². The van der Waals surface area contributed by atoms with Gasteiger partial charge in [-0.15, -0.1) is 0 Å². The Morgan fingerprint density at radius 3 is 2.32 bits per heavy atom. The summed E-state index contributed by atoms with van der Waals surface area (Å²) in [7, 11) is -10.6. The first kappa shape index (κ1) is 21.3. The highest BCUT2D eigenvalue weighted by molar-refractivity contribution is 7.60. The highest BCUT2D eigenvalue weighted by Gasteiger charge is 2.33. The lowest BCUT2D eigenvalue weighted by atomic mass is 10.4. The van der Waals surface area contributed by atoms with Crippen LogP contribution in [0.25, 0.3) is 0 Å². The largest absolute Gasteiger partial charge is 0.481 e. The number of phosphoric ester groups is 1. The van der Waals surface area contributed by atoms with Gasteiger partial charge in [0.05, 0.1) is 6.61 Å². The predicted molar refractivity (Wildman–Crippen MR) is 76.3 cm³/mol. The van der Waals surface area contributed by atoms with E-state index in [1.807, 2.05) is 4.98 Å². The number of carbonyl (C=O) groups excluding carboxylic acids is 2. The summed E-state index contributed by atoms with van der Waals surface area (Å²) in [6, 6.07) is 0.892. The molecule has 0 aliphatic rings. The summed E-state index contributed by atoms with van der Waals surface area (Å²) in [5, 5.41) is 0. The summed E-state index contributed by atoms with van der Waals surface area (Å²) in [6.45, 7) is -1.04. The van der Waals surface area contributed by atoms with Gasteiger partial charge in [0.15, 0.2) is 18.8 Å². The first-order chi connectivity index (χ1) is 11.5. The van der Waals surface area contributed by atoms with Crippen molar-refractivity contribution in [3.05, 3.63) is 33.1 Å². The Morgan fingerprint density at radius 1 is 1.20 bits per heavy atom. The van der Waals surface area contributed by atoms with Crippen LogP contribution in [0.1, 0.15) is 6.23 Å². The van der Waals surface area contributed by atoms with E-state index in [1.54, 1.807) is 0 Å². The summed E-state index contributed by atoms with van der Waals surface area (Å²) >= 11 is 0. The molecule has 0 bridgehead atoms. The average molecular weight is 402 g/mol. The van der Waals surface area contributed by atoms with Crippen LogP contribution in [0.3, 0.4) is 0 Å². The van der Waals surface area contributed by atoms with E-state index in [0.29, 0.717) is 4.57 Å². The lowest BCUT2D eigenvalue weighted by Crippen LogP contribution is -2.36. The summed E-state index contributed by atoms with van der Waals surface area (Å²) in [5.41, 5.74) is -1.79. The van der Waals surface area contributed by atoms with Gasteiger partial charge < -0.3 is 24.2 Å². The van der Waals surface area contributed by atoms with Crippen LogP contribution in [-0.4, -0.2) is 49.5 Å². The molecule has 0 aliphatic heterocycles. The maximum atomic E-state index is 11.5. The van der Waals surface area contributed by atoms with Gasteiger partial charge in [0, 0.05) is 12.3 Å². The van der Waals surface area contributed by atoms with Gasteiger partial charge >= 0.3 is 21.3 Å². The zero-order valence-electron chi connectivity index (χ0n) is 12.0. The molecular weight excluding hydrogens is 390 g/mol. The first-order valence-corrected chi connectivity index (χ1v) is 9.12. The van der Waals surface area contributed by atoms with E-state index in [1.165, 1.54) is 0 Å². The zero-order valence-corrected chi connectivity index (χ0v) is 13.8. The standard InChI is InChI=1S/C9H12N2O12P2/c12-3-6(5-21-25(19,20)23-24(16,17)18)22-8(4-13)11-2-1-7(14)10-9(11)15/h1-4,6,8H,5H2,(H,19,20)(H,10,14,15)(H2,16,17,18). The van der Waals surface area contributed by atoms with Crippen LogP contribution in [-0.2, 0) is 32.3 Å². The van der Waals surface area contributed by atoms with Gasteiger partial charge in [-0.05, 0) is 0 Å². The number of aromatic amines is 1. The van der Waals surface area contributed by atoms with Crippen LogP contribution in [0, 0.1) is 0 Å². The van der Waals surface area contributed by atoms with E-state index in [4.69, 9.17) is 19.4 Å². The van der Waals surface area contributed by atoms with Crippen LogP contribution in [0.5, 0.6) is 0 Å². The van der Waals surface area contributed by atoms with E-state index in [9.17, 15) is 28.3 Å². The van der Waals surface area contributed by atoms with E-state index in [-0.39, 0.29) is 12.6 Å². The molecule has 1 aromatic heterocycles. The maximum absolute atomic E-state index is 11.5. The Morgan fingerprint density at radius 2 is 1.84 bits per heavy atom. The second kappa shape index (κ2) is 8.56. The van der Waals surface area contributed by atoms with Crippen molar-refractivity contribution in [3.8, 4) is 0 Å². The van der Waals surface area contributed by atoms with Crippen LogP contribution in [0.15, 0.2) is 21.9 Å². The number of aromatic nitrogens is 2. The molecule has 1 aromatic rings. The fraction of sp³-hybridized carbons (Fsp3) is 0.333. The molecule has 0 saturated heterocycles. The topological polar surface area (TPSA) is 212 Å². The van der Waals surface area contributed by atoms with E-state index < -0.39 is 45.8 Å². The highest BCUT2D eigenvalue weighted by atomic mass is 31.3. The number of H-pyrrole nitrogens is 1. The quantitative estimate of drug-likeness (QED) is 0.248. The van der Waals surface area contributed by atoms with E-state index >= 15 is 0 Å². The number of nitrogens with zero attached hydrogens (tertiary/aromatic N) is 1. The minimum atomic E-state index is -5.35. The van der Waals surface area contributed by atoms with Gasteiger partial charge in [-0.1, -0.05) is 0 Å². The second-order valence-electron chi connectivity index (χ2n) is 4.19. The minimum absolute atomic E-state index is 0.0324. The number of ether oxygens (including phenoxy) is 1. The predicted octanol–water partition coefficient (Wildman–Crippen LogP) is -1.96. The number of rotatable bonds is 10.